The van der Waals surface area contributed by atoms with Gasteiger partial charge >= 0.3 is 5.97 Å². The lowest BCUT2D eigenvalue weighted by Crippen LogP contribution is -2.43. The molecule has 3 heterocycles. The zero-order chi connectivity index (χ0) is 16.9. The van der Waals surface area contributed by atoms with Crippen LogP contribution in [-0.4, -0.2) is 49.1 Å². The highest BCUT2D eigenvalue weighted by molar-refractivity contribution is 7.13. The van der Waals surface area contributed by atoms with Crippen molar-refractivity contribution >= 4 is 23.1 Å². The third-order valence-electron chi connectivity index (χ3n) is 4.51. The summed E-state index contributed by atoms with van der Waals surface area (Å²) in [7, 11) is 3.59. The summed E-state index contributed by atoms with van der Waals surface area (Å²) in [6.07, 6.45) is 4.11. The van der Waals surface area contributed by atoms with Crippen LogP contribution < -0.4 is 4.90 Å². The third kappa shape index (κ3) is 3.94. The number of piperidine rings is 1. The van der Waals surface area contributed by atoms with Crippen molar-refractivity contribution in [3.8, 4) is 0 Å². The van der Waals surface area contributed by atoms with Crippen molar-refractivity contribution in [2.24, 2.45) is 0 Å². The molecule has 24 heavy (non-hydrogen) atoms. The topological polar surface area (TPSA) is 45.7 Å². The molecule has 0 bridgehead atoms. The molecule has 5 nitrogen and oxygen atoms in total. The Balaban J connectivity index is 1.53. The molecule has 1 aliphatic rings. The maximum Gasteiger partial charge on any atom is 0.348 e. The lowest BCUT2D eigenvalue weighted by Gasteiger charge is -2.37. The van der Waals surface area contributed by atoms with Crippen molar-refractivity contribution in [2.45, 2.75) is 25.4 Å². The molecule has 0 spiro atoms. The second-order valence-corrected chi connectivity index (χ2v) is 7.25. The van der Waals surface area contributed by atoms with Crippen LogP contribution in [0.25, 0.3) is 0 Å². The number of esters is 1. The van der Waals surface area contributed by atoms with Gasteiger partial charge < -0.3 is 9.64 Å². The fourth-order valence-corrected chi connectivity index (χ4v) is 4.11. The average molecular weight is 345 g/mol. The van der Waals surface area contributed by atoms with Crippen molar-refractivity contribution < 1.29 is 9.53 Å². The fourth-order valence-electron chi connectivity index (χ4n) is 3.12. The van der Waals surface area contributed by atoms with Gasteiger partial charge in [0.05, 0.1) is 7.11 Å². The molecule has 3 rings (SSSR count). The number of aromatic nitrogens is 1. The number of carbonyl (C=O) groups is 1. The summed E-state index contributed by atoms with van der Waals surface area (Å²) < 4.78 is 4.77. The van der Waals surface area contributed by atoms with E-state index in [1.54, 1.807) is 0 Å². The molecule has 0 aliphatic carbocycles. The number of rotatable bonds is 5. The van der Waals surface area contributed by atoms with E-state index in [4.69, 9.17) is 4.74 Å². The Labute approximate surface area is 146 Å². The summed E-state index contributed by atoms with van der Waals surface area (Å²) in [6.45, 7) is 2.93. The summed E-state index contributed by atoms with van der Waals surface area (Å²) in [5, 5.41) is 0. The highest BCUT2D eigenvalue weighted by atomic mass is 32.1. The molecule has 1 saturated heterocycles. The third-order valence-corrected chi connectivity index (χ3v) is 5.56. The molecule has 0 N–H and O–H groups in total. The van der Waals surface area contributed by atoms with Gasteiger partial charge in [0, 0.05) is 36.8 Å². The van der Waals surface area contributed by atoms with Crippen LogP contribution in [0.5, 0.6) is 0 Å². The van der Waals surface area contributed by atoms with Gasteiger partial charge in [0.15, 0.2) is 0 Å². The SMILES string of the molecule is COC(=O)c1ccc(CN(C)C2CCN(c3ccccn3)CC2)s1. The van der Waals surface area contributed by atoms with Crippen LogP contribution in [-0.2, 0) is 11.3 Å². The maximum atomic E-state index is 11.5. The Hall–Kier alpha value is -1.92. The van der Waals surface area contributed by atoms with Gasteiger partial charge in [0.1, 0.15) is 10.7 Å². The molecule has 0 amide bonds. The van der Waals surface area contributed by atoms with E-state index >= 15 is 0 Å². The first kappa shape index (κ1) is 16.9. The predicted molar refractivity (Wildman–Crippen MR) is 96.6 cm³/mol. The van der Waals surface area contributed by atoms with Crippen LogP contribution in [0.1, 0.15) is 27.4 Å². The fraction of sp³-hybridized carbons (Fsp3) is 0.444. The summed E-state index contributed by atoms with van der Waals surface area (Å²) >= 11 is 1.52. The van der Waals surface area contributed by atoms with E-state index in [0.29, 0.717) is 10.9 Å². The molecular weight excluding hydrogens is 322 g/mol. The van der Waals surface area contributed by atoms with Gasteiger partial charge in [-0.2, -0.15) is 0 Å². The molecule has 0 unspecified atom stereocenters. The molecule has 128 valence electrons. The molecule has 2 aromatic rings. The van der Waals surface area contributed by atoms with Crippen molar-refractivity contribution in [2.75, 3.05) is 32.1 Å². The van der Waals surface area contributed by atoms with Crippen LogP contribution >= 0.6 is 11.3 Å². The number of ether oxygens (including phenoxy) is 1. The molecule has 0 atom stereocenters. The Morgan fingerprint density at radius 2 is 2.12 bits per heavy atom. The van der Waals surface area contributed by atoms with Gasteiger partial charge in [-0.1, -0.05) is 6.07 Å². The monoisotopic (exact) mass is 345 g/mol. The number of hydrogen-bond donors (Lipinski definition) is 0. The number of thiophene rings is 1. The minimum Gasteiger partial charge on any atom is -0.465 e. The second-order valence-electron chi connectivity index (χ2n) is 6.08. The zero-order valence-corrected chi connectivity index (χ0v) is 15.0. The summed E-state index contributed by atoms with van der Waals surface area (Å²) in [5.41, 5.74) is 0. The zero-order valence-electron chi connectivity index (χ0n) is 14.1. The van der Waals surface area contributed by atoms with E-state index in [1.807, 2.05) is 30.5 Å². The van der Waals surface area contributed by atoms with Gasteiger partial charge in [-0.3, -0.25) is 4.90 Å². The first-order valence-electron chi connectivity index (χ1n) is 8.20. The van der Waals surface area contributed by atoms with Gasteiger partial charge in [-0.15, -0.1) is 11.3 Å². The lowest BCUT2D eigenvalue weighted by atomic mass is 10.0. The van der Waals surface area contributed by atoms with Gasteiger partial charge in [0.25, 0.3) is 0 Å². The number of hydrogen-bond acceptors (Lipinski definition) is 6. The van der Waals surface area contributed by atoms with E-state index in [-0.39, 0.29) is 5.97 Å². The van der Waals surface area contributed by atoms with Crippen molar-refractivity contribution in [3.05, 3.63) is 46.3 Å². The average Bonchev–Trinajstić information content (AvgIpc) is 3.10. The standard InChI is InChI=1S/C18H23N3O2S/c1-20(13-15-6-7-16(24-15)18(22)23-2)14-8-11-21(12-9-14)17-5-3-4-10-19-17/h3-7,10,14H,8-9,11-13H2,1-2H3. The number of pyridine rings is 1. The van der Waals surface area contributed by atoms with Gasteiger partial charge in [-0.05, 0) is 44.2 Å². The minimum atomic E-state index is -0.252. The smallest absolute Gasteiger partial charge is 0.348 e. The van der Waals surface area contributed by atoms with E-state index in [9.17, 15) is 4.79 Å². The number of carbonyl (C=O) groups excluding carboxylic acids is 1. The molecule has 0 aromatic carbocycles. The molecule has 2 aromatic heterocycles. The van der Waals surface area contributed by atoms with Gasteiger partial charge in [-0.25, -0.2) is 9.78 Å². The van der Waals surface area contributed by atoms with Crippen molar-refractivity contribution in [1.82, 2.24) is 9.88 Å². The molecule has 6 heteroatoms. The van der Waals surface area contributed by atoms with E-state index in [1.165, 1.54) is 23.3 Å². The molecule has 1 aliphatic heterocycles. The van der Waals surface area contributed by atoms with Crippen LogP contribution in [0.4, 0.5) is 5.82 Å². The van der Waals surface area contributed by atoms with Crippen LogP contribution in [0, 0.1) is 0 Å². The van der Waals surface area contributed by atoms with Crippen LogP contribution in [0.2, 0.25) is 0 Å². The highest BCUT2D eigenvalue weighted by Crippen LogP contribution is 2.24. The summed E-state index contributed by atoms with van der Waals surface area (Å²) in [4.78, 5) is 22.6. The summed E-state index contributed by atoms with van der Waals surface area (Å²) in [5.74, 6) is 0.817. The van der Waals surface area contributed by atoms with Crippen molar-refractivity contribution in [3.63, 3.8) is 0 Å². The second kappa shape index (κ2) is 7.77. The van der Waals surface area contributed by atoms with Gasteiger partial charge in [0.2, 0.25) is 0 Å². The minimum absolute atomic E-state index is 0.252. The summed E-state index contributed by atoms with van der Waals surface area (Å²) in [6, 6.07) is 10.5. The highest BCUT2D eigenvalue weighted by Gasteiger charge is 2.23. The lowest BCUT2D eigenvalue weighted by molar-refractivity contribution is 0.0606. The molecular formula is C18H23N3O2S. The maximum absolute atomic E-state index is 11.5. The Morgan fingerprint density at radius 1 is 1.33 bits per heavy atom. The number of anilines is 1. The number of methoxy groups -OCH3 is 1. The van der Waals surface area contributed by atoms with Crippen LogP contribution in [0.3, 0.4) is 0 Å². The first-order valence-corrected chi connectivity index (χ1v) is 9.02. The molecule has 1 fully saturated rings. The predicted octanol–water partition coefficient (Wildman–Crippen LogP) is 3.03. The molecule has 0 saturated carbocycles. The first-order chi connectivity index (χ1) is 11.7. The largest absolute Gasteiger partial charge is 0.465 e. The number of nitrogens with zero attached hydrogens (tertiary/aromatic N) is 3. The Morgan fingerprint density at radius 3 is 2.79 bits per heavy atom. The Kier molecular flexibility index (Phi) is 5.48. The Bertz CT molecular complexity index is 666. The normalized spacial score (nSPS) is 15.7. The quantitative estimate of drug-likeness (QED) is 0.780. The van der Waals surface area contributed by atoms with E-state index < -0.39 is 0 Å². The van der Waals surface area contributed by atoms with Crippen LogP contribution in [0.15, 0.2) is 36.5 Å². The van der Waals surface area contributed by atoms with E-state index in [2.05, 4.69) is 27.9 Å². The molecule has 0 radical (unpaired) electrons. The van der Waals surface area contributed by atoms with E-state index in [0.717, 1.165) is 38.3 Å². The van der Waals surface area contributed by atoms with Crippen molar-refractivity contribution in [1.29, 1.82) is 0 Å².